The Morgan fingerprint density at radius 3 is 2.91 bits per heavy atom. The van der Waals surface area contributed by atoms with Crippen LogP contribution in [0.3, 0.4) is 0 Å². The minimum absolute atomic E-state index is 0.0432. The molecule has 3 aromatic rings. The first kappa shape index (κ1) is 13.6. The van der Waals surface area contributed by atoms with Crippen LogP contribution in [0.4, 0.5) is 0 Å². The average Bonchev–Trinajstić information content (AvgIpc) is 2.55. The largest absolute Gasteiger partial charge is 0.337 e. The van der Waals surface area contributed by atoms with E-state index in [1.165, 1.54) is 10.8 Å². The summed E-state index contributed by atoms with van der Waals surface area (Å²) in [5.41, 5.74) is 1.14. The number of aryl methyl sites for hydroxylation is 1. The number of hydrogen-bond acceptors (Lipinski definition) is 4. The van der Waals surface area contributed by atoms with Crippen LogP contribution in [-0.4, -0.2) is 19.5 Å². The molecule has 1 aliphatic rings. The number of nitrogens with zero attached hydrogens (tertiary/aromatic N) is 3. The van der Waals surface area contributed by atoms with Crippen LogP contribution in [-0.2, 0) is 0 Å². The molecule has 0 fully saturated rings. The molecule has 114 valence electrons. The van der Waals surface area contributed by atoms with Crippen LogP contribution in [0, 0.1) is 6.92 Å². The first-order valence-corrected chi connectivity index (χ1v) is 7.44. The summed E-state index contributed by atoms with van der Waals surface area (Å²) < 4.78 is 1.49. The van der Waals surface area contributed by atoms with E-state index in [2.05, 4.69) is 15.0 Å². The van der Waals surface area contributed by atoms with Crippen LogP contribution in [0.25, 0.3) is 27.8 Å². The van der Waals surface area contributed by atoms with Gasteiger partial charge in [-0.15, -0.1) is 0 Å². The van der Waals surface area contributed by atoms with Gasteiger partial charge in [-0.1, -0.05) is 12.2 Å². The molecule has 0 amide bonds. The molecule has 0 aliphatic heterocycles. The Hall–Kier alpha value is -3.02. The molecule has 0 saturated heterocycles. The van der Waals surface area contributed by atoms with Gasteiger partial charge in [-0.3, -0.25) is 19.1 Å². The number of H-pyrrole nitrogens is 1. The monoisotopic (exact) mass is 306 g/mol. The number of allylic oxidation sites excluding steroid dienone is 4. The number of aromatic nitrogens is 4. The molecule has 6 nitrogen and oxygen atoms in total. The Morgan fingerprint density at radius 2 is 2.13 bits per heavy atom. The molecule has 0 bridgehead atoms. The summed E-state index contributed by atoms with van der Waals surface area (Å²) >= 11 is 0. The first-order valence-electron chi connectivity index (χ1n) is 7.44. The fourth-order valence-corrected chi connectivity index (χ4v) is 2.93. The zero-order chi connectivity index (χ0) is 16.0. The second-order valence-corrected chi connectivity index (χ2v) is 5.49. The van der Waals surface area contributed by atoms with E-state index in [0.29, 0.717) is 17.0 Å². The molecule has 1 N–H and O–H groups in total. The maximum Gasteiger partial charge on any atom is 0.271 e. The van der Waals surface area contributed by atoms with Crippen molar-refractivity contribution in [3.63, 3.8) is 0 Å². The molecule has 0 saturated carbocycles. The third-order valence-corrected chi connectivity index (χ3v) is 3.99. The van der Waals surface area contributed by atoms with Crippen LogP contribution in [0.15, 0.2) is 46.1 Å². The Bertz CT molecular complexity index is 1120. The van der Waals surface area contributed by atoms with Gasteiger partial charge in [-0.05, 0) is 38.0 Å². The van der Waals surface area contributed by atoms with Gasteiger partial charge in [0.25, 0.3) is 5.56 Å². The molecule has 23 heavy (non-hydrogen) atoms. The van der Waals surface area contributed by atoms with Crippen molar-refractivity contribution in [3.8, 4) is 0 Å². The molecule has 0 unspecified atom stereocenters. The number of fused-ring (bicyclic) bond motifs is 2. The number of pyridine rings is 2. The van der Waals surface area contributed by atoms with E-state index in [1.54, 1.807) is 19.1 Å². The Morgan fingerprint density at radius 1 is 1.26 bits per heavy atom. The molecule has 6 heteroatoms. The van der Waals surface area contributed by atoms with E-state index < -0.39 is 0 Å². The van der Waals surface area contributed by atoms with E-state index in [9.17, 15) is 9.59 Å². The fourth-order valence-electron chi connectivity index (χ4n) is 2.93. The standard InChI is InChI=1S/C17H14N4O2/c1-10-19-16-13(15(22)14-12(20-16)8-5-9-18-14)17(23)21(10)11-6-3-2-4-7-11/h3,5-9H,2,4H2,1H3,(H,20,22). The van der Waals surface area contributed by atoms with Gasteiger partial charge in [0.2, 0.25) is 5.43 Å². The lowest BCUT2D eigenvalue weighted by molar-refractivity contribution is 0.895. The number of rotatable bonds is 1. The van der Waals surface area contributed by atoms with Crippen molar-refractivity contribution >= 4 is 27.8 Å². The lowest BCUT2D eigenvalue weighted by Crippen LogP contribution is -2.28. The fraction of sp³-hybridized carbons (Fsp3) is 0.176. The first-order chi connectivity index (χ1) is 11.2. The van der Waals surface area contributed by atoms with Crippen LogP contribution in [0.1, 0.15) is 18.7 Å². The van der Waals surface area contributed by atoms with Crippen LogP contribution < -0.4 is 11.0 Å². The van der Waals surface area contributed by atoms with Crippen LogP contribution >= 0.6 is 0 Å². The lowest BCUT2D eigenvalue weighted by atomic mass is 10.1. The van der Waals surface area contributed by atoms with Gasteiger partial charge in [0, 0.05) is 11.9 Å². The minimum Gasteiger partial charge on any atom is -0.337 e. The predicted octanol–water partition coefficient (Wildman–Crippen LogP) is 2.13. The van der Waals surface area contributed by atoms with Crippen LogP contribution in [0.2, 0.25) is 0 Å². The summed E-state index contributed by atoms with van der Waals surface area (Å²) in [6.45, 7) is 1.76. The van der Waals surface area contributed by atoms with Crippen molar-refractivity contribution in [2.24, 2.45) is 0 Å². The van der Waals surface area contributed by atoms with Crippen molar-refractivity contribution in [1.82, 2.24) is 19.5 Å². The van der Waals surface area contributed by atoms with Crippen molar-refractivity contribution in [1.29, 1.82) is 0 Å². The van der Waals surface area contributed by atoms with Gasteiger partial charge in [0.1, 0.15) is 22.4 Å². The van der Waals surface area contributed by atoms with E-state index in [-0.39, 0.29) is 21.9 Å². The predicted molar refractivity (Wildman–Crippen MR) is 89.3 cm³/mol. The summed E-state index contributed by atoms with van der Waals surface area (Å²) in [6.07, 6.45) is 9.24. The summed E-state index contributed by atoms with van der Waals surface area (Å²) in [5.74, 6) is 0.541. The highest BCUT2D eigenvalue weighted by Gasteiger charge is 2.16. The molecule has 0 radical (unpaired) electrons. The molecular weight excluding hydrogens is 292 g/mol. The van der Waals surface area contributed by atoms with Gasteiger partial charge < -0.3 is 4.98 Å². The van der Waals surface area contributed by atoms with Crippen molar-refractivity contribution in [3.05, 3.63) is 63.0 Å². The van der Waals surface area contributed by atoms with Crippen molar-refractivity contribution in [2.45, 2.75) is 19.8 Å². The second-order valence-electron chi connectivity index (χ2n) is 5.49. The second kappa shape index (κ2) is 5.01. The highest BCUT2D eigenvalue weighted by Crippen LogP contribution is 2.16. The number of hydrogen-bond donors (Lipinski definition) is 1. The molecule has 0 atom stereocenters. The maximum atomic E-state index is 12.9. The zero-order valence-corrected chi connectivity index (χ0v) is 12.5. The van der Waals surface area contributed by atoms with E-state index in [4.69, 9.17) is 0 Å². The highest BCUT2D eigenvalue weighted by molar-refractivity contribution is 5.88. The molecule has 1 aliphatic carbocycles. The Balaban J connectivity index is 2.16. The third-order valence-electron chi connectivity index (χ3n) is 3.99. The Labute approximate surface area is 130 Å². The van der Waals surface area contributed by atoms with E-state index in [1.807, 2.05) is 18.2 Å². The van der Waals surface area contributed by atoms with Gasteiger partial charge in [0.05, 0.1) is 5.52 Å². The highest BCUT2D eigenvalue weighted by atomic mass is 16.1. The smallest absolute Gasteiger partial charge is 0.271 e. The Kier molecular flexibility index (Phi) is 2.97. The number of aromatic amines is 1. The molecule has 0 aromatic carbocycles. The minimum atomic E-state index is -0.388. The SMILES string of the molecule is Cc1nc2[nH]c3cccnc3c(=O)c2c(=O)n1C1=CCCC=C1. The van der Waals surface area contributed by atoms with Crippen molar-refractivity contribution < 1.29 is 0 Å². The normalized spacial score (nSPS) is 14.4. The van der Waals surface area contributed by atoms with Gasteiger partial charge in [0.15, 0.2) is 0 Å². The maximum absolute atomic E-state index is 12.9. The van der Waals surface area contributed by atoms with Gasteiger partial charge >= 0.3 is 0 Å². The quantitative estimate of drug-likeness (QED) is 0.698. The van der Waals surface area contributed by atoms with E-state index >= 15 is 0 Å². The summed E-state index contributed by atoms with van der Waals surface area (Å²) in [6, 6.07) is 3.48. The van der Waals surface area contributed by atoms with Crippen LogP contribution in [0.5, 0.6) is 0 Å². The molecular formula is C17H14N4O2. The molecule has 0 spiro atoms. The topological polar surface area (TPSA) is 80.6 Å². The summed E-state index contributed by atoms with van der Waals surface area (Å²) in [4.78, 5) is 37.1. The lowest BCUT2D eigenvalue weighted by Gasteiger charge is -2.13. The zero-order valence-electron chi connectivity index (χ0n) is 12.5. The van der Waals surface area contributed by atoms with Gasteiger partial charge in [-0.2, -0.15) is 0 Å². The average molecular weight is 306 g/mol. The third kappa shape index (κ3) is 2.03. The number of nitrogens with one attached hydrogen (secondary N) is 1. The molecule has 3 aromatic heterocycles. The van der Waals surface area contributed by atoms with Gasteiger partial charge in [-0.25, -0.2) is 4.98 Å². The van der Waals surface area contributed by atoms with E-state index in [0.717, 1.165) is 18.5 Å². The summed E-state index contributed by atoms with van der Waals surface area (Å²) in [7, 11) is 0. The van der Waals surface area contributed by atoms with Crippen molar-refractivity contribution in [2.75, 3.05) is 0 Å². The summed E-state index contributed by atoms with van der Waals surface area (Å²) in [5, 5.41) is 0.0432. The molecule has 3 heterocycles. The molecule has 4 rings (SSSR count).